The van der Waals surface area contributed by atoms with Gasteiger partial charge in [-0.25, -0.2) is 0 Å². The summed E-state index contributed by atoms with van der Waals surface area (Å²) in [6.45, 7) is 6.44. The Hall–Kier alpha value is -1.72. The molecule has 102 valence electrons. The molecule has 1 amide bonds. The van der Waals surface area contributed by atoms with Crippen molar-refractivity contribution in [3.05, 3.63) is 5.69 Å². The number of aryl methyl sites for hydroxylation is 2. The highest BCUT2D eigenvalue weighted by molar-refractivity contribution is 5.77. The molecule has 1 aromatic heterocycles. The van der Waals surface area contributed by atoms with Crippen LogP contribution in [0.3, 0.4) is 0 Å². The average Bonchev–Trinajstić information content (AvgIpc) is 2.55. The first kappa shape index (κ1) is 14.3. The van der Waals surface area contributed by atoms with Crippen molar-refractivity contribution < 1.29 is 4.79 Å². The third kappa shape index (κ3) is 3.65. The van der Waals surface area contributed by atoms with Crippen molar-refractivity contribution in [1.29, 1.82) is 0 Å². The number of hydrogen-bond donors (Lipinski definition) is 3. The number of carbonyl (C=O) groups excluding carboxylic acids is 1. The summed E-state index contributed by atoms with van der Waals surface area (Å²) >= 11 is 0. The zero-order valence-electron chi connectivity index (χ0n) is 11.6. The number of hydrogen-bond acceptors (Lipinski definition) is 4. The van der Waals surface area contributed by atoms with E-state index in [1.807, 2.05) is 27.8 Å². The maximum atomic E-state index is 11.6. The van der Waals surface area contributed by atoms with Crippen molar-refractivity contribution >= 4 is 17.4 Å². The molecule has 1 aromatic rings. The Morgan fingerprint density at radius 1 is 1.56 bits per heavy atom. The van der Waals surface area contributed by atoms with Gasteiger partial charge >= 0.3 is 0 Å². The lowest BCUT2D eigenvalue weighted by atomic mass is 10.2. The molecular weight excluding hydrogens is 230 g/mol. The number of amides is 1. The van der Waals surface area contributed by atoms with Crippen LogP contribution in [0.2, 0.25) is 0 Å². The molecule has 6 nitrogen and oxygen atoms in total. The van der Waals surface area contributed by atoms with Crippen LogP contribution in [-0.4, -0.2) is 28.3 Å². The highest BCUT2D eigenvalue weighted by atomic mass is 16.1. The van der Waals surface area contributed by atoms with E-state index in [0.717, 1.165) is 17.9 Å². The maximum Gasteiger partial charge on any atom is 0.221 e. The van der Waals surface area contributed by atoms with Gasteiger partial charge in [-0.05, 0) is 20.3 Å². The van der Waals surface area contributed by atoms with E-state index >= 15 is 0 Å². The van der Waals surface area contributed by atoms with Crippen LogP contribution in [0, 0.1) is 6.92 Å². The number of carbonyl (C=O) groups is 1. The molecule has 0 aliphatic rings. The number of nitrogens with zero attached hydrogens (tertiary/aromatic N) is 2. The second-order valence-corrected chi connectivity index (χ2v) is 4.52. The standard InChI is InChI=1S/C12H23N5O/c1-5-8(2)15-10(18)6-7-14-12-11(13)9(3)16-17(12)4/h8,14H,5-7,13H2,1-4H3,(H,15,18). The van der Waals surface area contributed by atoms with E-state index in [-0.39, 0.29) is 11.9 Å². The van der Waals surface area contributed by atoms with E-state index in [2.05, 4.69) is 15.7 Å². The topological polar surface area (TPSA) is 85.0 Å². The minimum absolute atomic E-state index is 0.0503. The van der Waals surface area contributed by atoms with Gasteiger partial charge in [-0.15, -0.1) is 0 Å². The second-order valence-electron chi connectivity index (χ2n) is 4.52. The van der Waals surface area contributed by atoms with E-state index in [4.69, 9.17) is 5.73 Å². The van der Waals surface area contributed by atoms with Crippen molar-refractivity contribution in [2.45, 2.75) is 39.7 Å². The van der Waals surface area contributed by atoms with Crippen molar-refractivity contribution in [2.75, 3.05) is 17.6 Å². The number of anilines is 2. The third-order valence-corrected chi connectivity index (χ3v) is 2.93. The van der Waals surface area contributed by atoms with E-state index in [0.29, 0.717) is 18.7 Å². The highest BCUT2D eigenvalue weighted by Crippen LogP contribution is 2.20. The van der Waals surface area contributed by atoms with Crippen LogP contribution in [-0.2, 0) is 11.8 Å². The summed E-state index contributed by atoms with van der Waals surface area (Å²) in [4.78, 5) is 11.6. The number of rotatable bonds is 6. The Morgan fingerprint density at radius 3 is 2.72 bits per heavy atom. The van der Waals surface area contributed by atoms with Crippen molar-refractivity contribution in [2.24, 2.45) is 7.05 Å². The zero-order valence-corrected chi connectivity index (χ0v) is 11.6. The summed E-state index contributed by atoms with van der Waals surface area (Å²) in [6, 6.07) is 0.224. The summed E-state index contributed by atoms with van der Waals surface area (Å²) in [7, 11) is 1.82. The van der Waals surface area contributed by atoms with E-state index in [1.54, 1.807) is 4.68 Å². The van der Waals surface area contributed by atoms with Gasteiger partial charge in [0.15, 0.2) is 0 Å². The van der Waals surface area contributed by atoms with Gasteiger partial charge in [-0.1, -0.05) is 6.92 Å². The van der Waals surface area contributed by atoms with E-state index in [1.165, 1.54) is 0 Å². The molecule has 0 radical (unpaired) electrons. The minimum atomic E-state index is 0.0503. The molecule has 0 aliphatic carbocycles. The number of nitrogen functional groups attached to an aromatic ring is 1. The SMILES string of the molecule is CCC(C)NC(=O)CCNc1c(N)c(C)nn1C. The fourth-order valence-corrected chi connectivity index (χ4v) is 1.63. The van der Waals surface area contributed by atoms with Crippen LogP contribution < -0.4 is 16.4 Å². The Morgan fingerprint density at radius 2 is 2.22 bits per heavy atom. The number of nitrogens with two attached hydrogens (primary N) is 1. The Kier molecular flexibility index (Phi) is 5.00. The Balaban J connectivity index is 2.40. The molecule has 4 N–H and O–H groups in total. The summed E-state index contributed by atoms with van der Waals surface area (Å²) in [6.07, 6.45) is 1.36. The van der Waals surface area contributed by atoms with Gasteiger partial charge in [0.1, 0.15) is 5.82 Å². The van der Waals surface area contributed by atoms with E-state index < -0.39 is 0 Å². The predicted octanol–water partition coefficient (Wildman–Crippen LogP) is 1.03. The molecular formula is C12H23N5O. The monoisotopic (exact) mass is 253 g/mol. The minimum Gasteiger partial charge on any atom is -0.394 e. The summed E-state index contributed by atoms with van der Waals surface area (Å²) in [5, 5.41) is 10.3. The van der Waals surface area contributed by atoms with Gasteiger partial charge in [0.25, 0.3) is 0 Å². The van der Waals surface area contributed by atoms with Gasteiger partial charge in [0, 0.05) is 26.1 Å². The Labute approximate surface area is 108 Å². The molecule has 0 aromatic carbocycles. The molecule has 1 heterocycles. The molecule has 0 spiro atoms. The fourth-order valence-electron chi connectivity index (χ4n) is 1.63. The maximum absolute atomic E-state index is 11.6. The third-order valence-electron chi connectivity index (χ3n) is 2.93. The van der Waals surface area contributed by atoms with Crippen LogP contribution in [0.15, 0.2) is 0 Å². The average molecular weight is 253 g/mol. The fraction of sp³-hybridized carbons (Fsp3) is 0.667. The molecule has 0 saturated carbocycles. The normalized spacial score (nSPS) is 12.2. The summed E-state index contributed by atoms with van der Waals surface area (Å²) in [5.74, 6) is 0.818. The van der Waals surface area contributed by atoms with Gasteiger partial charge in [-0.3, -0.25) is 9.48 Å². The molecule has 0 bridgehead atoms. The largest absolute Gasteiger partial charge is 0.394 e. The smallest absolute Gasteiger partial charge is 0.221 e. The lowest BCUT2D eigenvalue weighted by molar-refractivity contribution is -0.121. The van der Waals surface area contributed by atoms with Gasteiger partial charge in [-0.2, -0.15) is 5.10 Å². The van der Waals surface area contributed by atoms with Gasteiger partial charge in [0.2, 0.25) is 5.91 Å². The van der Waals surface area contributed by atoms with Crippen LogP contribution in [0.1, 0.15) is 32.4 Å². The summed E-state index contributed by atoms with van der Waals surface area (Å²) in [5.41, 5.74) is 7.31. The van der Waals surface area contributed by atoms with Crippen molar-refractivity contribution in [3.8, 4) is 0 Å². The first-order chi connectivity index (χ1) is 8.45. The van der Waals surface area contributed by atoms with Crippen LogP contribution in [0.5, 0.6) is 0 Å². The molecule has 1 rings (SSSR count). The van der Waals surface area contributed by atoms with Crippen LogP contribution >= 0.6 is 0 Å². The molecule has 6 heteroatoms. The lowest BCUT2D eigenvalue weighted by Gasteiger charge is -2.12. The van der Waals surface area contributed by atoms with Crippen molar-refractivity contribution in [1.82, 2.24) is 15.1 Å². The first-order valence-electron chi connectivity index (χ1n) is 6.28. The predicted molar refractivity (Wildman–Crippen MR) is 73.4 cm³/mol. The van der Waals surface area contributed by atoms with Crippen molar-refractivity contribution in [3.63, 3.8) is 0 Å². The molecule has 0 saturated heterocycles. The quantitative estimate of drug-likeness (QED) is 0.707. The molecule has 1 unspecified atom stereocenters. The molecule has 0 aliphatic heterocycles. The highest BCUT2D eigenvalue weighted by Gasteiger charge is 2.10. The Bertz CT molecular complexity index is 413. The lowest BCUT2D eigenvalue weighted by Crippen LogP contribution is -2.33. The first-order valence-corrected chi connectivity index (χ1v) is 6.28. The zero-order chi connectivity index (χ0) is 13.7. The molecule has 18 heavy (non-hydrogen) atoms. The van der Waals surface area contributed by atoms with Crippen LogP contribution in [0.4, 0.5) is 11.5 Å². The number of nitrogens with one attached hydrogen (secondary N) is 2. The molecule has 1 atom stereocenters. The molecule has 0 fully saturated rings. The van der Waals surface area contributed by atoms with Crippen LogP contribution in [0.25, 0.3) is 0 Å². The van der Waals surface area contributed by atoms with E-state index in [9.17, 15) is 4.79 Å². The summed E-state index contributed by atoms with van der Waals surface area (Å²) < 4.78 is 1.69. The number of aromatic nitrogens is 2. The van der Waals surface area contributed by atoms with Gasteiger partial charge in [0.05, 0.1) is 11.4 Å². The second kappa shape index (κ2) is 6.28. The van der Waals surface area contributed by atoms with Gasteiger partial charge < -0.3 is 16.4 Å².